The Morgan fingerprint density at radius 3 is 2.50 bits per heavy atom. The summed E-state index contributed by atoms with van der Waals surface area (Å²) in [4.78, 5) is 0. The summed E-state index contributed by atoms with van der Waals surface area (Å²) in [7, 11) is 1.61. The number of aliphatic hydroxyl groups excluding tert-OH is 1. The van der Waals surface area contributed by atoms with Gasteiger partial charge in [-0.3, -0.25) is 0 Å². The van der Waals surface area contributed by atoms with Gasteiger partial charge in [0.1, 0.15) is 12.4 Å². The van der Waals surface area contributed by atoms with E-state index in [0.717, 1.165) is 24.2 Å². The molecule has 0 radical (unpaired) electrons. The molecule has 0 aliphatic carbocycles. The second-order valence-corrected chi connectivity index (χ2v) is 6.09. The maximum absolute atomic E-state index is 13.0. The first-order valence-electron chi connectivity index (χ1n) is 8.72. The zero-order valence-electron chi connectivity index (χ0n) is 15.3. The van der Waals surface area contributed by atoms with Gasteiger partial charge in [-0.15, -0.1) is 0 Å². The van der Waals surface area contributed by atoms with Crippen molar-refractivity contribution in [2.75, 3.05) is 26.7 Å². The first-order valence-corrected chi connectivity index (χ1v) is 8.72. The molecule has 0 unspecified atom stereocenters. The Kier molecular flexibility index (Phi) is 8.34. The van der Waals surface area contributed by atoms with Crippen molar-refractivity contribution in [3.63, 3.8) is 0 Å². The third-order valence-corrected chi connectivity index (χ3v) is 3.81. The first kappa shape index (κ1) is 20.2. The Balaban J connectivity index is 1.92. The number of benzene rings is 2. The van der Waals surface area contributed by atoms with Crippen molar-refractivity contribution in [2.45, 2.75) is 26.2 Å². The number of aliphatic hydroxyl groups is 1. The van der Waals surface area contributed by atoms with E-state index in [4.69, 9.17) is 9.47 Å². The molecule has 6 heteroatoms. The molecular formula is C20H27FN2O3. The van der Waals surface area contributed by atoms with Crippen LogP contribution in [0.5, 0.6) is 11.5 Å². The molecule has 1 atom stereocenters. The highest BCUT2D eigenvalue weighted by Crippen LogP contribution is 2.31. The maximum atomic E-state index is 13.0. The highest BCUT2D eigenvalue weighted by atomic mass is 19.1. The number of hydrogen-bond donors (Lipinski definition) is 3. The molecule has 2 aromatic carbocycles. The van der Waals surface area contributed by atoms with Crippen molar-refractivity contribution >= 4 is 0 Å². The summed E-state index contributed by atoms with van der Waals surface area (Å²) in [5, 5.41) is 15.7. The number of hydrogen-bond acceptors (Lipinski definition) is 5. The molecule has 0 spiro atoms. The monoisotopic (exact) mass is 362 g/mol. The van der Waals surface area contributed by atoms with E-state index >= 15 is 0 Å². The number of methoxy groups -OCH3 is 1. The second-order valence-electron chi connectivity index (χ2n) is 6.09. The zero-order chi connectivity index (χ0) is 18.8. The van der Waals surface area contributed by atoms with E-state index in [9.17, 15) is 9.50 Å². The lowest BCUT2D eigenvalue weighted by Crippen LogP contribution is -2.31. The van der Waals surface area contributed by atoms with Crippen LogP contribution in [0.4, 0.5) is 4.39 Å². The molecule has 0 amide bonds. The van der Waals surface area contributed by atoms with Crippen LogP contribution in [-0.4, -0.2) is 38.0 Å². The van der Waals surface area contributed by atoms with Crippen molar-refractivity contribution in [2.24, 2.45) is 0 Å². The van der Waals surface area contributed by atoms with Crippen molar-refractivity contribution in [3.05, 3.63) is 59.4 Å². The third-order valence-electron chi connectivity index (χ3n) is 3.81. The molecule has 0 heterocycles. The fraction of sp³-hybridized carbons (Fsp3) is 0.400. The second kappa shape index (κ2) is 10.8. The molecule has 142 valence electrons. The highest BCUT2D eigenvalue weighted by Gasteiger charge is 2.11. The van der Waals surface area contributed by atoms with Crippen LogP contribution < -0.4 is 20.1 Å². The molecule has 5 nitrogen and oxygen atoms in total. The van der Waals surface area contributed by atoms with Crippen LogP contribution in [0, 0.1) is 5.82 Å². The Morgan fingerprint density at radius 2 is 1.81 bits per heavy atom. The maximum Gasteiger partial charge on any atom is 0.166 e. The van der Waals surface area contributed by atoms with Crippen molar-refractivity contribution in [3.8, 4) is 11.5 Å². The molecule has 26 heavy (non-hydrogen) atoms. The number of rotatable bonds is 11. The smallest absolute Gasteiger partial charge is 0.166 e. The molecule has 0 aliphatic rings. The summed E-state index contributed by atoms with van der Waals surface area (Å²) in [6, 6.07) is 12.0. The lowest BCUT2D eigenvalue weighted by molar-refractivity contribution is 0.191. The Bertz CT molecular complexity index is 663. The summed E-state index contributed by atoms with van der Waals surface area (Å²) in [5.41, 5.74) is 1.88. The average Bonchev–Trinajstić information content (AvgIpc) is 2.64. The molecular weight excluding hydrogens is 335 g/mol. The Hall–Kier alpha value is -2.15. The van der Waals surface area contributed by atoms with Gasteiger partial charge in [-0.25, -0.2) is 4.39 Å². The zero-order valence-corrected chi connectivity index (χ0v) is 15.3. The van der Waals surface area contributed by atoms with E-state index in [-0.39, 0.29) is 11.9 Å². The largest absolute Gasteiger partial charge is 0.493 e. The predicted molar refractivity (Wildman–Crippen MR) is 100.0 cm³/mol. The minimum atomic E-state index is -0.347. The SMILES string of the molecule is COc1cccc(CNCCNC[C@@H](C)O)c1OCc1ccc(F)cc1. The number of halogens is 1. The molecule has 0 fully saturated rings. The molecule has 0 saturated heterocycles. The van der Waals surface area contributed by atoms with Crippen molar-refractivity contribution in [1.29, 1.82) is 0 Å². The number of ether oxygens (including phenoxy) is 2. The minimum Gasteiger partial charge on any atom is -0.493 e. The molecule has 0 aliphatic heterocycles. The fourth-order valence-corrected chi connectivity index (χ4v) is 2.47. The lowest BCUT2D eigenvalue weighted by atomic mass is 10.1. The van der Waals surface area contributed by atoms with E-state index in [0.29, 0.717) is 31.2 Å². The lowest BCUT2D eigenvalue weighted by Gasteiger charge is -2.16. The summed E-state index contributed by atoms with van der Waals surface area (Å²) >= 11 is 0. The van der Waals surface area contributed by atoms with Crippen LogP contribution in [0.15, 0.2) is 42.5 Å². The van der Waals surface area contributed by atoms with Gasteiger partial charge in [0.05, 0.1) is 13.2 Å². The minimum absolute atomic E-state index is 0.264. The van der Waals surface area contributed by atoms with E-state index < -0.39 is 0 Å². The number of nitrogens with one attached hydrogen (secondary N) is 2. The van der Waals surface area contributed by atoms with Gasteiger partial charge in [-0.2, -0.15) is 0 Å². The van der Waals surface area contributed by atoms with Gasteiger partial charge in [0.15, 0.2) is 11.5 Å². The van der Waals surface area contributed by atoms with Crippen LogP contribution in [0.25, 0.3) is 0 Å². The Morgan fingerprint density at radius 1 is 1.08 bits per heavy atom. The van der Waals surface area contributed by atoms with Gasteiger partial charge < -0.3 is 25.2 Å². The summed E-state index contributed by atoms with van der Waals surface area (Å²) in [6.45, 7) is 4.83. The van der Waals surface area contributed by atoms with Crippen LogP contribution in [0.3, 0.4) is 0 Å². The number of para-hydroxylation sites is 1. The van der Waals surface area contributed by atoms with Crippen molar-refractivity contribution < 1.29 is 19.0 Å². The van der Waals surface area contributed by atoms with E-state index in [1.54, 1.807) is 26.2 Å². The topological polar surface area (TPSA) is 62.8 Å². The highest BCUT2D eigenvalue weighted by molar-refractivity contribution is 5.46. The van der Waals surface area contributed by atoms with Crippen LogP contribution >= 0.6 is 0 Å². The summed E-state index contributed by atoms with van der Waals surface area (Å²) in [5.74, 6) is 1.09. The van der Waals surface area contributed by atoms with Gasteiger partial charge in [-0.1, -0.05) is 24.3 Å². The molecule has 0 bridgehead atoms. The van der Waals surface area contributed by atoms with Crippen LogP contribution in [0.1, 0.15) is 18.1 Å². The van der Waals surface area contributed by atoms with E-state index in [1.165, 1.54) is 12.1 Å². The molecule has 2 rings (SSSR count). The summed E-state index contributed by atoms with van der Waals surface area (Å²) < 4.78 is 24.4. The fourth-order valence-electron chi connectivity index (χ4n) is 2.47. The van der Waals surface area contributed by atoms with Gasteiger partial charge in [0, 0.05) is 31.7 Å². The van der Waals surface area contributed by atoms with E-state index in [2.05, 4.69) is 10.6 Å². The third kappa shape index (κ3) is 6.63. The van der Waals surface area contributed by atoms with E-state index in [1.807, 2.05) is 18.2 Å². The molecule has 0 saturated carbocycles. The standard InChI is InChI=1S/C20H27FN2O3/c1-15(24)12-22-10-11-23-13-17-4-3-5-19(25-2)20(17)26-14-16-6-8-18(21)9-7-16/h3-9,15,22-24H,10-14H2,1-2H3/t15-/m1/s1. The molecule has 3 N–H and O–H groups in total. The van der Waals surface area contributed by atoms with Gasteiger partial charge >= 0.3 is 0 Å². The van der Waals surface area contributed by atoms with Gasteiger partial charge in [-0.05, 0) is 30.7 Å². The summed E-state index contributed by atoms with van der Waals surface area (Å²) in [6.07, 6.45) is -0.347. The van der Waals surface area contributed by atoms with Crippen LogP contribution in [-0.2, 0) is 13.2 Å². The predicted octanol–water partition coefficient (Wildman–Crippen LogP) is 2.47. The molecule has 0 aromatic heterocycles. The average molecular weight is 362 g/mol. The van der Waals surface area contributed by atoms with Gasteiger partial charge in [0.2, 0.25) is 0 Å². The molecule has 2 aromatic rings. The Labute approximate surface area is 154 Å². The normalized spacial score (nSPS) is 12.0. The first-order chi connectivity index (χ1) is 12.6. The quantitative estimate of drug-likeness (QED) is 0.536. The van der Waals surface area contributed by atoms with Gasteiger partial charge in [0.25, 0.3) is 0 Å². The van der Waals surface area contributed by atoms with Crippen molar-refractivity contribution in [1.82, 2.24) is 10.6 Å². The van der Waals surface area contributed by atoms with Crippen LogP contribution in [0.2, 0.25) is 0 Å².